The first-order chi connectivity index (χ1) is 4.41. The molecule has 9 heavy (non-hydrogen) atoms. The second-order valence-corrected chi connectivity index (χ2v) is 1.32. The van der Waals surface area contributed by atoms with Crippen molar-refractivity contribution >= 4 is 0 Å². The van der Waals surface area contributed by atoms with Gasteiger partial charge in [-0.3, -0.25) is 0 Å². The van der Waals surface area contributed by atoms with Crippen molar-refractivity contribution in [2.24, 2.45) is 5.73 Å². The quantitative estimate of drug-likeness (QED) is 0.403. The maximum atomic E-state index is 4.38. The Labute approximate surface area is 55.5 Å². The van der Waals surface area contributed by atoms with Crippen molar-refractivity contribution in [3.05, 3.63) is 36.4 Å². The fraction of sp³-hybridized carbons (Fsp3) is 0. The number of benzene rings is 1. The van der Waals surface area contributed by atoms with Crippen LogP contribution in [0.4, 0.5) is 0 Å². The van der Waals surface area contributed by atoms with E-state index in [2.05, 4.69) is 12.2 Å². The van der Waals surface area contributed by atoms with Crippen LogP contribution in [-0.4, -0.2) is 0 Å². The molecule has 0 amide bonds. The molecule has 0 unspecified atom stereocenters. The minimum atomic E-state index is 1.75. The molecule has 2 N–H and O–H groups in total. The monoisotopic (exact) mass is 119 g/mol. The molecule has 1 rings (SSSR count). The molecule has 0 saturated carbocycles. The summed E-state index contributed by atoms with van der Waals surface area (Å²) >= 11 is 0. The zero-order valence-electron chi connectivity index (χ0n) is 5.12. The van der Waals surface area contributed by atoms with Crippen LogP contribution < -0.4 is 5.73 Å². The van der Waals surface area contributed by atoms with Crippen LogP contribution in [0.5, 0.6) is 0 Å². The second kappa shape index (κ2) is 6.58. The average Bonchev–Trinajstić information content (AvgIpc) is 1.93. The molecule has 0 bridgehead atoms. The molecular weight excluding hydrogens is 110 g/mol. The topological polar surface area (TPSA) is 26.0 Å². The van der Waals surface area contributed by atoms with Crippen molar-refractivity contribution in [3.8, 4) is 12.5 Å². The Kier molecular flexibility index (Phi) is 5.54. The second-order valence-electron chi connectivity index (χ2n) is 1.32. The van der Waals surface area contributed by atoms with Crippen LogP contribution >= 0.6 is 0 Å². The number of terminal acetylenes is 1. The van der Waals surface area contributed by atoms with E-state index in [1.807, 2.05) is 36.4 Å². The summed E-state index contributed by atoms with van der Waals surface area (Å²) in [6.07, 6.45) is 4.38. The first-order valence-corrected chi connectivity index (χ1v) is 2.58. The molecule has 0 aliphatic heterocycles. The van der Waals surface area contributed by atoms with Crippen molar-refractivity contribution in [2.45, 2.75) is 0 Å². The fourth-order valence-corrected chi connectivity index (χ4v) is 0.385. The normalized spacial score (nSPS) is 6.11. The summed E-state index contributed by atoms with van der Waals surface area (Å²) in [5.74, 6) is 0. The van der Waals surface area contributed by atoms with Gasteiger partial charge in [-0.1, -0.05) is 42.8 Å². The van der Waals surface area contributed by atoms with E-state index in [1.54, 1.807) is 6.04 Å². The van der Waals surface area contributed by atoms with E-state index < -0.39 is 0 Å². The molecular formula is C8H9N. The minimum absolute atomic E-state index is 1.75. The molecule has 1 heteroatoms. The van der Waals surface area contributed by atoms with Crippen LogP contribution in [0.1, 0.15) is 0 Å². The highest BCUT2D eigenvalue weighted by Gasteiger charge is 1.57. The molecule has 0 aliphatic rings. The van der Waals surface area contributed by atoms with Gasteiger partial charge in [0.05, 0.1) is 0 Å². The van der Waals surface area contributed by atoms with Gasteiger partial charge in [-0.05, 0) is 6.04 Å². The van der Waals surface area contributed by atoms with Gasteiger partial charge in [-0.25, -0.2) is 0 Å². The summed E-state index contributed by atoms with van der Waals surface area (Å²) < 4.78 is 0. The molecule has 46 valence electrons. The third-order valence-electron chi connectivity index (χ3n) is 0.667. The molecule has 1 aromatic rings. The standard InChI is InChI=1S/C6H6.C2H3N/c1-2-4-6-5-3-1;1-2-3/h1-6H;1H,3H2. The lowest BCUT2D eigenvalue weighted by molar-refractivity contribution is 1.72. The molecule has 0 aliphatic carbocycles. The zero-order valence-corrected chi connectivity index (χ0v) is 5.12. The van der Waals surface area contributed by atoms with Gasteiger partial charge in [0.15, 0.2) is 0 Å². The maximum absolute atomic E-state index is 4.38. The Morgan fingerprint density at radius 1 is 0.889 bits per heavy atom. The van der Waals surface area contributed by atoms with Crippen molar-refractivity contribution in [3.63, 3.8) is 0 Å². The van der Waals surface area contributed by atoms with E-state index >= 15 is 0 Å². The highest BCUT2D eigenvalue weighted by atomic mass is 14.4. The van der Waals surface area contributed by atoms with Crippen molar-refractivity contribution in [1.82, 2.24) is 0 Å². The van der Waals surface area contributed by atoms with Crippen LogP contribution in [0.2, 0.25) is 0 Å². The highest BCUT2D eigenvalue weighted by Crippen LogP contribution is 1.79. The Morgan fingerprint density at radius 2 is 1.00 bits per heavy atom. The first kappa shape index (κ1) is 7.58. The Balaban J connectivity index is 0.000000187. The van der Waals surface area contributed by atoms with Gasteiger partial charge in [0.25, 0.3) is 0 Å². The molecule has 0 atom stereocenters. The number of hydrogen-bond acceptors (Lipinski definition) is 1. The summed E-state index contributed by atoms with van der Waals surface area (Å²) in [5, 5.41) is 0. The lowest BCUT2D eigenvalue weighted by atomic mass is 10.4. The van der Waals surface area contributed by atoms with E-state index in [9.17, 15) is 0 Å². The van der Waals surface area contributed by atoms with Crippen molar-refractivity contribution < 1.29 is 0 Å². The lowest BCUT2D eigenvalue weighted by Gasteiger charge is -1.69. The molecule has 0 radical (unpaired) electrons. The van der Waals surface area contributed by atoms with Gasteiger partial charge < -0.3 is 5.73 Å². The van der Waals surface area contributed by atoms with Crippen LogP contribution in [0.15, 0.2) is 36.4 Å². The van der Waals surface area contributed by atoms with E-state index in [-0.39, 0.29) is 0 Å². The van der Waals surface area contributed by atoms with E-state index in [0.717, 1.165) is 0 Å². The highest BCUT2D eigenvalue weighted by molar-refractivity contribution is 4.99. The van der Waals surface area contributed by atoms with Gasteiger partial charge in [0.1, 0.15) is 0 Å². The van der Waals surface area contributed by atoms with E-state index in [1.165, 1.54) is 0 Å². The van der Waals surface area contributed by atoms with Crippen LogP contribution in [0, 0.1) is 12.5 Å². The molecule has 1 aromatic carbocycles. The van der Waals surface area contributed by atoms with Gasteiger partial charge in [0, 0.05) is 0 Å². The lowest BCUT2D eigenvalue weighted by Crippen LogP contribution is -1.69. The minimum Gasteiger partial charge on any atom is -0.360 e. The Morgan fingerprint density at radius 3 is 1.11 bits per heavy atom. The fourth-order valence-electron chi connectivity index (χ4n) is 0.385. The van der Waals surface area contributed by atoms with Crippen LogP contribution in [0.25, 0.3) is 0 Å². The van der Waals surface area contributed by atoms with Crippen LogP contribution in [0.3, 0.4) is 0 Å². The molecule has 0 fully saturated rings. The van der Waals surface area contributed by atoms with E-state index in [0.29, 0.717) is 0 Å². The van der Waals surface area contributed by atoms with Crippen molar-refractivity contribution in [1.29, 1.82) is 0 Å². The summed E-state index contributed by atoms with van der Waals surface area (Å²) in [5.41, 5.74) is 4.38. The van der Waals surface area contributed by atoms with Gasteiger partial charge in [-0.2, -0.15) is 0 Å². The predicted molar refractivity (Wildman–Crippen MR) is 39.5 cm³/mol. The summed E-state index contributed by atoms with van der Waals surface area (Å²) in [6, 6.07) is 13.8. The summed E-state index contributed by atoms with van der Waals surface area (Å²) in [4.78, 5) is 0. The Hall–Kier alpha value is -1.42. The van der Waals surface area contributed by atoms with Gasteiger partial charge in [0.2, 0.25) is 0 Å². The number of nitrogens with two attached hydrogens (primary N) is 1. The number of hydrogen-bond donors (Lipinski definition) is 1. The molecule has 0 heterocycles. The zero-order chi connectivity index (χ0) is 6.95. The van der Waals surface area contributed by atoms with Gasteiger partial charge >= 0.3 is 0 Å². The van der Waals surface area contributed by atoms with Crippen LogP contribution in [-0.2, 0) is 0 Å². The molecule has 0 aromatic heterocycles. The molecule has 0 spiro atoms. The average molecular weight is 119 g/mol. The predicted octanol–water partition coefficient (Wildman–Crippen LogP) is 1.22. The van der Waals surface area contributed by atoms with Gasteiger partial charge in [-0.15, -0.1) is 0 Å². The third-order valence-corrected chi connectivity index (χ3v) is 0.667. The maximum Gasteiger partial charge on any atom is -0.00200 e. The third kappa shape index (κ3) is 6.58. The summed E-state index contributed by atoms with van der Waals surface area (Å²) in [7, 11) is 0. The van der Waals surface area contributed by atoms with Crippen molar-refractivity contribution in [2.75, 3.05) is 0 Å². The molecule has 0 saturated heterocycles. The summed E-state index contributed by atoms with van der Waals surface area (Å²) in [6.45, 7) is 0. The van der Waals surface area contributed by atoms with E-state index in [4.69, 9.17) is 0 Å². The largest absolute Gasteiger partial charge is 0.360 e. The molecule has 1 nitrogen and oxygen atoms in total. The number of rotatable bonds is 0. The SMILES string of the molecule is C#CN.c1ccccc1. The smallest absolute Gasteiger partial charge is 0.00200 e. The Bertz CT molecular complexity index is 135. The first-order valence-electron chi connectivity index (χ1n) is 2.58.